The number of ether oxygens (including phenoxy) is 1. The lowest BCUT2D eigenvalue weighted by Crippen LogP contribution is -2.45. The van der Waals surface area contributed by atoms with Crippen molar-refractivity contribution >= 4 is 21.9 Å². The molecule has 4 rings (SSSR count). The van der Waals surface area contributed by atoms with Crippen LogP contribution >= 0.6 is 0 Å². The Morgan fingerprint density at radius 1 is 1.11 bits per heavy atom. The molecule has 202 valence electrons. The molecular formula is C28H34N4O5S. The van der Waals surface area contributed by atoms with Crippen molar-refractivity contribution in [2.24, 2.45) is 5.92 Å². The Morgan fingerprint density at radius 3 is 2.50 bits per heavy atom. The predicted molar refractivity (Wildman–Crippen MR) is 146 cm³/mol. The summed E-state index contributed by atoms with van der Waals surface area (Å²) in [6.07, 6.45) is 1.03. The third-order valence-electron chi connectivity index (χ3n) is 6.48. The first-order valence-electron chi connectivity index (χ1n) is 12.7. The molecule has 0 saturated heterocycles. The number of nitrogens with zero attached hydrogens (tertiary/aromatic N) is 3. The average Bonchev–Trinajstić information content (AvgIpc) is 2.86. The maximum atomic E-state index is 13.7. The molecule has 1 aliphatic heterocycles. The van der Waals surface area contributed by atoms with Crippen molar-refractivity contribution in [2.75, 3.05) is 24.5 Å². The molecule has 0 aliphatic carbocycles. The van der Waals surface area contributed by atoms with Gasteiger partial charge in [-0.05, 0) is 61.9 Å². The molecule has 0 radical (unpaired) electrons. The summed E-state index contributed by atoms with van der Waals surface area (Å²) in [5.74, 6) is 0.0135. The van der Waals surface area contributed by atoms with Crippen molar-refractivity contribution in [3.8, 4) is 17.1 Å². The lowest BCUT2D eigenvalue weighted by Gasteiger charge is -2.33. The van der Waals surface area contributed by atoms with Crippen LogP contribution in [0.25, 0.3) is 11.3 Å². The zero-order valence-corrected chi connectivity index (χ0v) is 23.0. The number of nitrogens with one attached hydrogen (secondary N) is 1. The van der Waals surface area contributed by atoms with Gasteiger partial charge < -0.3 is 14.7 Å². The number of aliphatic hydroxyl groups excluding tert-OH is 1. The number of fused-ring (bicyclic) bond motifs is 4. The third kappa shape index (κ3) is 6.14. The van der Waals surface area contributed by atoms with Crippen LogP contribution in [0.5, 0.6) is 5.88 Å². The van der Waals surface area contributed by atoms with Gasteiger partial charge in [0.15, 0.2) is 0 Å². The van der Waals surface area contributed by atoms with E-state index in [2.05, 4.69) is 28.5 Å². The SMILES string of the molecule is Cc1cccc(C)c1-c1cc2nc(n1)NS(=O)(=O)c1cccc(c1)C(=O)N(CCCO)[C@H](CC(C)C)CO2. The molecule has 4 bridgehead atoms. The maximum Gasteiger partial charge on any atom is 0.264 e. The topological polar surface area (TPSA) is 122 Å². The summed E-state index contributed by atoms with van der Waals surface area (Å²) in [6.45, 7) is 8.42. The second-order valence-corrected chi connectivity index (χ2v) is 11.7. The maximum absolute atomic E-state index is 13.7. The number of aliphatic hydroxyl groups is 1. The summed E-state index contributed by atoms with van der Waals surface area (Å²) in [7, 11) is -4.11. The summed E-state index contributed by atoms with van der Waals surface area (Å²) < 4.78 is 35.3. The average molecular weight is 539 g/mol. The number of benzene rings is 2. The molecule has 1 amide bonds. The molecule has 0 unspecified atom stereocenters. The second-order valence-electron chi connectivity index (χ2n) is 9.99. The largest absolute Gasteiger partial charge is 0.475 e. The lowest BCUT2D eigenvalue weighted by atomic mass is 10.00. The van der Waals surface area contributed by atoms with Crippen molar-refractivity contribution in [1.29, 1.82) is 0 Å². The highest BCUT2D eigenvalue weighted by Crippen LogP contribution is 2.30. The van der Waals surface area contributed by atoms with Crippen LogP contribution in [0.2, 0.25) is 0 Å². The van der Waals surface area contributed by atoms with E-state index in [0.717, 1.165) is 16.7 Å². The fourth-order valence-corrected chi connectivity index (χ4v) is 5.72. The molecule has 9 nitrogen and oxygen atoms in total. The first-order valence-corrected chi connectivity index (χ1v) is 14.2. The quantitative estimate of drug-likeness (QED) is 0.483. The van der Waals surface area contributed by atoms with Gasteiger partial charge in [-0.2, -0.15) is 4.98 Å². The van der Waals surface area contributed by atoms with E-state index in [1.807, 2.05) is 32.0 Å². The van der Waals surface area contributed by atoms with E-state index in [1.54, 1.807) is 23.1 Å². The summed E-state index contributed by atoms with van der Waals surface area (Å²) in [6, 6.07) is 13.2. The number of sulfonamides is 1. The van der Waals surface area contributed by atoms with Crippen LogP contribution in [0.15, 0.2) is 53.4 Å². The van der Waals surface area contributed by atoms with Crippen LogP contribution in [-0.4, -0.2) is 60.1 Å². The highest BCUT2D eigenvalue weighted by Gasteiger charge is 2.28. The summed E-state index contributed by atoms with van der Waals surface area (Å²) >= 11 is 0. The van der Waals surface area contributed by atoms with Gasteiger partial charge >= 0.3 is 0 Å². The molecule has 0 fully saturated rings. The number of aromatic nitrogens is 2. The minimum Gasteiger partial charge on any atom is -0.475 e. The first-order chi connectivity index (χ1) is 18.1. The molecule has 2 aromatic carbocycles. The Hall–Kier alpha value is -3.50. The van der Waals surface area contributed by atoms with Gasteiger partial charge in [-0.1, -0.05) is 38.1 Å². The number of hydrogen-bond acceptors (Lipinski definition) is 7. The zero-order chi connectivity index (χ0) is 27.4. The van der Waals surface area contributed by atoms with Crippen LogP contribution < -0.4 is 9.46 Å². The van der Waals surface area contributed by atoms with Gasteiger partial charge in [0.2, 0.25) is 11.8 Å². The van der Waals surface area contributed by atoms with Crippen LogP contribution in [0, 0.1) is 19.8 Å². The van der Waals surface area contributed by atoms with E-state index >= 15 is 0 Å². The Bertz CT molecular complexity index is 1400. The van der Waals surface area contributed by atoms with Crippen molar-refractivity contribution in [1.82, 2.24) is 14.9 Å². The van der Waals surface area contributed by atoms with E-state index in [1.165, 1.54) is 12.1 Å². The number of amides is 1. The number of carbonyl (C=O) groups excluding carboxylic acids is 1. The predicted octanol–water partition coefficient (Wildman–Crippen LogP) is 4.19. The number of carbonyl (C=O) groups is 1. The summed E-state index contributed by atoms with van der Waals surface area (Å²) in [4.78, 5) is 24.2. The number of anilines is 1. The molecule has 10 heteroatoms. The van der Waals surface area contributed by atoms with Crippen molar-refractivity contribution < 1.29 is 23.1 Å². The monoisotopic (exact) mass is 538 g/mol. The number of hydrogen-bond donors (Lipinski definition) is 2. The number of rotatable bonds is 6. The van der Waals surface area contributed by atoms with Gasteiger partial charge in [-0.25, -0.2) is 18.1 Å². The molecule has 1 aliphatic rings. The summed E-state index contributed by atoms with van der Waals surface area (Å²) in [5, 5.41) is 9.51. The van der Waals surface area contributed by atoms with E-state index < -0.39 is 10.0 Å². The molecular weight excluding hydrogens is 504 g/mol. The standard InChI is InChI=1S/C28H34N4O5S/c1-18(2)14-22-17-37-25-16-24(26-19(3)8-5-9-20(26)4)29-28(30-25)31-38(35,36)23-11-6-10-21(15-23)27(34)32(22)12-7-13-33/h5-6,8-11,15-16,18,22,33H,7,12-14,17H2,1-4H3,(H,29,30,31)/t22-/m1/s1. The van der Waals surface area contributed by atoms with Gasteiger partial charge in [0, 0.05) is 30.3 Å². The molecule has 3 aromatic rings. The van der Waals surface area contributed by atoms with Crippen LogP contribution in [0.1, 0.15) is 48.2 Å². The molecule has 38 heavy (non-hydrogen) atoms. The molecule has 2 heterocycles. The highest BCUT2D eigenvalue weighted by atomic mass is 32.2. The van der Waals surface area contributed by atoms with Crippen molar-refractivity contribution in [3.63, 3.8) is 0 Å². The van der Waals surface area contributed by atoms with E-state index in [-0.39, 0.29) is 53.4 Å². The lowest BCUT2D eigenvalue weighted by molar-refractivity contribution is 0.0558. The molecule has 0 spiro atoms. The van der Waals surface area contributed by atoms with Gasteiger partial charge in [0.1, 0.15) is 6.61 Å². The Kier molecular flexibility index (Phi) is 8.32. The Morgan fingerprint density at radius 2 is 1.82 bits per heavy atom. The van der Waals surface area contributed by atoms with Gasteiger partial charge in [-0.15, -0.1) is 0 Å². The first kappa shape index (κ1) is 27.5. The minimum absolute atomic E-state index is 0.0753. The van der Waals surface area contributed by atoms with Crippen molar-refractivity contribution in [2.45, 2.75) is 51.5 Å². The normalized spacial score (nSPS) is 17.2. The molecule has 1 aromatic heterocycles. The van der Waals surface area contributed by atoms with E-state index in [0.29, 0.717) is 25.1 Å². The second kappa shape index (κ2) is 11.5. The van der Waals surface area contributed by atoms with Gasteiger partial charge in [0.25, 0.3) is 15.9 Å². The smallest absolute Gasteiger partial charge is 0.264 e. The Labute approximate surface area is 223 Å². The van der Waals surface area contributed by atoms with E-state index in [4.69, 9.17) is 4.74 Å². The van der Waals surface area contributed by atoms with Crippen LogP contribution in [0.4, 0.5) is 5.95 Å². The molecule has 1 atom stereocenters. The van der Waals surface area contributed by atoms with Gasteiger partial charge in [0.05, 0.1) is 16.6 Å². The zero-order valence-electron chi connectivity index (χ0n) is 22.1. The van der Waals surface area contributed by atoms with E-state index in [9.17, 15) is 18.3 Å². The fourth-order valence-electron chi connectivity index (χ4n) is 4.73. The molecule has 0 saturated carbocycles. The fraction of sp³-hybridized carbons (Fsp3) is 0.393. The third-order valence-corrected chi connectivity index (χ3v) is 7.81. The Balaban J connectivity index is 1.89. The van der Waals surface area contributed by atoms with Crippen LogP contribution in [-0.2, 0) is 10.0 Å². The van der Waals surface area contributed by atoms with Crippen LogP contribution in [0.3, 0.4) is 0 Å². The number of aryl methyl sites for hydroxylation is 2. The van der Waals surface area contributed by atoms with Gasteiger partial charge in [-0.3, -0.25) is 4.79 Å². The van der Waals surface area contributed by atoms with Crippen molar-refractivity contribution in [3.05, 3.63) is 65.2 Å². The minimum atomic E-state index is -4.11. The summed E-state index contributed by atoms with van der Waals surface area (Å²) in [5.41, 5.74) is 3.59. The molecule has 2 N–H and O–H groups in total. The highest BCUT2D eigenvalue weighted by molar-refractivity contribution is 7.92.